The quantitative estimate of drug-likeness (QED) is 0.152. The van der Waals surface area contributed by atoms with Crippen molar-refractivity contribution in [2.75, 3.05) is 0 Å². The van der Waals surface area contributed by atoms with E-state index in [-0.39, 0.29) is 0 Å². The van der Waals surface area contributed by atoms with E-state index in [9.17, 15) is 0 Å². The highest BCUT2D eigenvalue weighted by molar-refractivity contribution is 6.16. The Labute approximate surface area is 348 Å². The van der Waals surface area contributed by atoms with Crippen LogP contribution in [0.15, 0.2) is 219 Å². The molecule has 11 rings (SSSR count). The molecule has 11 aromatic rings. The van der Waals surface area contributed by atoms with Gasteiger partial charge in [0.2, 0.25) is 0 Å². The lowest BCUT2D eigenvalue weighted by Crippen LogP contribution is -2.00. The maximum absolute atomic E-state index is 5.08. The minimum Gasteiger partial charge on any atom is -0.256 e. The van der Waals surface area contributed by atoms with Gasteiger partial charge in [-0.1, -0.05) is 200 Å². The van der Waals surface area contributed by atoms with Crippen LogP contribution in [0, 0.1) is 0 Å². The molecule has 0 aliphatic carbocycles. The highest BCUT2D eigenvalue weighted by Gasteiger charge is 2.16. The molecule has 0 aliphatic heterocycles. The SMILES string of the molecule is c1ccc(-c2ccc(-c3nc(-c4ccc(-c5ccccc5)cc4)nc(-c4ccc(-c5ccc(-c6cc7cccnc7c7ccccc67)c6ccccc56)cc4)n3)cc2)cc1. The van der Waals surface area contributed by atoms with Crippen LogP contribution in [0.3, 0.4) is 0 Å². The average molecular weight is 765 g/mol. The van der Waals surface area contributed by atoms with Gasteiger partial charge in [-0.05, 0) is 72.8 Å². The third-order valence-electron chi connectivity index (χ3n) is 11.4. The van der Waals surface area contributed by atoms with E-state index in [1.807, 2.05) is 24.4 Å². The van der Waals surface area contributed by atoms with Gasteiger partial charge in [0.15, 0.2) is 17.5 Å². The van der Waals surface area contributed by atoms with Crippen molar-refractivity contribution in [2.45, 2.75) is 0 Å². The smallest absolute Gasteiger partial charge is 0.164 e. The summed E-state index contributed by atoms with van der Waals surface area (Å²) < 4.78 is 0. The second-order valence-corrected chi connectivity index (χ2v) is 15.0. The molecule has 4 nitrogen and oxygen atoms in total. The maximum atomic E-state index is 5.08. The first kappa shape index (κ1) is 35.1. The third-order valence-corrected chi connectivity index (χ3v) is 11.4. The van der Waals surface area contributed by atoms with Crippen molar-refractivity contribution in [1.29, 1.82) is 0 Å². The lowest BCUT2D eigenvalue weighted by Gasteiger charge is -2.15. The van der Waals surface area contributed by atoms with E-state index in [1.165, 1.54) is 44.0 Å². The Hall–Kier alpha value is -8.08. The van der Waals surface area contributed by atoms with Crippen LogP contribution < -0.4 is 0 Å². The summed E-state index contributed by atoms with van der Waals surface area (Å²) in [5.41, 5.74) is 13.1. The molecule has 0 radical (unpaired) electrons. The minimum absolute atomic E-state index is 0.624. The molecule has 0 atom stereocenters. The van der Waals surface area contributed by atoms with E-state index in [4.69, 9.17) is 19.9 Å². The Kier molecular flexibility index (Phi) is 8.79. The number of fused-ring (bicyclic) bond motifs is 4. The molecule has 280 valence electrons. The summed E-state index contributed by atoms with van der Waals surface area (Å²) >= 11 is 0. The number of pyridine rings is 1. The monoisotopic (exact) mass is 764 g/mol. The first-order valence-electron chi connectivity index (χ1n) is 20.2. The number of hydrogen-bond donors (Lipinski definition) is 0. The summed E-state index contributed by atoms with van der Waals surface area (Å²) in [5.74, 6) is 1.88. The fourth-order valence-corrected chi connectivity index (χ4v) is 8.37. The van der Waals surface area contributed by atoms with Crippen molar-refractivity contribution in [3.05, 3.63) is 219 Å². The summed E-state index contributed by atoms with van der Waals surface area (Å²) in [6, 6.07) is 74.6. The summed E-state index contributed by atoms with van der Waals surface area (Å²) in [7, 11) is 0. The van der Waals surface area contributed by atoms with E-state index < -0.39 is 0 Å². The van der Waals surface area contributed by atoms with Crippen LogP contribution in [-0.2, 0) is 0 Å². The number of aromatic nitrogens is 4. The van der Waals surface area contributed by atoms with Gasteiger partial charge in [0, 0.05) is 33.7 Å². The molecule has 0 saturated heterocycles. The molecule has 2 aromatic heterocycles. The molecule has 0 spiro atoms. The molecule has 0 N–H and O–H groups in total. The van der Waals surface area contributed by atoms with Crippen molar-refractivity contribution in [2.24, 2.45) is 0 Å². The minimum atomic E-state index is 0.624. The van der Waals surface area contributed by atoms with E-state index in [1.54, 1.807) is 0 Å². The highest BCUT2D eigenvalue weighted by atomic mass is 15.0. The van der Waals surface area contributed by atoms with Gasteiger partial charge in [-0.25, -0.2) is 15.0 Å². The fraction of sp³-hybridized carbons (Fsp3) is 0. The largest absolute Gasteiger partial charge is 0.256 e. The number of benzene rings is 9. The zero-order chi connectivity index (χ0) is 39.8. The zero-order valence-corrected chi connectivity index (χ0v) is 32.6. The van der Waals surface area contributed by atoms with E-state index in [0.717, 1.165) is 49.7 Å². The third kappa shape index (κ3) is 6.47. The van der Waals surface area contributed by atoms with E-state index in [2.05, 4.69) is 194 Å². The molecule has 0 aliphatic rings. The van der Waals surface area contributed by atoms with Crippen LogP contribution in [0.25, 0.3) is 111 Å². The fourth-order valence-electron chi connectivity index (χ4n) is 8.37. The molecule has 0 amide bonds. The number of rotatable bonds is 7. The first-order valence-corrected chi connectivity index (χ1v) is 20.2. The summed E-state index contributed by atoms with van der Waals surface area (Å²) in [6.45, 7) is 0. The normalized spacial score (nSPS) is 11.3. The summed E-state index contributed by atoms with van der Waals surface area (Å²) in [5, 5.41) is 5.89. The first-order chi connectivity index (χ1) is 29.7. The van der Waals surface area contributed by atoms with Crippen LogP contribution in [0.1, 0.15) is 0 Å². The van der Waals surface area contributed by atoms with Gasteiger partial charge >= 0.3 is 0 Å². The Balaban J connectivity index is 0.985. The van der Waals surface area contributed by atoms with Gasteiger partial charge in [0.05, 0.1) is 5.52 Å². The standard InChI is InChI=1S/C56H36N4/c1-3-12-37(13-4-1)39-21-27-42(28-22-39)54-58-55(43-29-23-40(24-30-43)38-14-5-2-6-15-38)60-56(59-54)44-31-25-41(26-32-44)46-33-34-50(48-18-8-7-17-47(46)48)52-36-45-16-11-35-57-53(45)51-20-10-9-19-49(51)52/h1-36H. The second-order valence-electron chi connectivity index (χ2n) is 15.0. The molecule has 0 unspecified atom stereocenters. The Morgan fingerprint density at radius 2 is 0.633 bits per heavy atom. The predicted octanol–water partition coefficient (Wildman–Crippen LogP) is 14.4. The van der Waals surface area contributed by atoms with Gasteiger partial charge in [-0.15, -0.1) is 0 Å². The van der Waals surface area contributed by atoms with E-state index in [0.29, 0.717) is 17.5 Å². The Morgan fingerprint density at radius 1 is 0.250 bits per heavy atom. The molecule has 9 aromatic carbocycles. The van der Waals surface area contributed by atoms with Crippen molar-refractivity contribution >= 4 is 32.4 Å². The lowest BCUT2D eigenvalue weighted by atomic mass is 9.89. The Bertz CT molecular complexity index is 3220. The number of hydrogen-bond acceptors (Lipinski definition) is 4. The van der Waals surface area contributed by atoms with Crippen molar-refractivity contribution in [1.82, 2.24) is 19.9 Å². The van der Waals surface area contributed by atoms with Crippen LogP contribution in [0.4, 0.5) is 0 Å². The zero-order valence-electron chi connectivity index (χ0n) is 32.6. The van der Waals surface area contributed by atoms with Crippen molar-refractivity contribution < 1.29 is 0 Å². The molecular weight excluding hydrogens is 729 g/mol. The number of nitrogens with zero attached hydrogens (tertiary/aromatic N) is 4. The lowest BCUT2D eigenvalue weighted by molar-refractivity contribution is 1.07. The average Bonchev–Trinajstić information content (AvgIpc) is 3.34. The summed E-state index contributed by atoms with van der Waals surface area (Å²) in [4.78, 5) is 20.0. The van der Waals surface area contributed by atoms with Crippen LogP contribution in [0.2, 0.25) is 0 Å². The maximum Gasteiger partial charge on any atom is 0.164 e. The Morgan fingerprint density at radius 3 is 1.15 bits per heavy atom. The van der Waals surface area contributed by atoms with Gasteiger partial charge in [-0.2, -0.15) is 0 Å². The van der Waals surface area contributed by atoms with Crippen LogP contribution in [0.5, 0.6) is 0 Å². The van der Waals surface area contributed by atoms with E-state index >= 15 is 0 Å². The van der Waals surface area contributed by atoms with Gasteiger partial charge in [-0.3, -0.25) is 4.98 Å². The molecule has 2 heterocycles. The summed E-state index contributed by atoms with van der Waals surface area (Å²) in [6.07, 6.45) is 1.87. The molecule has 4 heteroatoms. The second kappa shape index (κ2) is 15.0. The molecule has 0 saturated carbocycles. The van der Waals surface area contributed by atoms with Gasteiger partial charge < -0.3 is 0 Å². The molecule has 0 fully saturated rings. The predicted molar refractivity (Wildman–Crippen MR) is 248 cm³/mol. The molecular formula is C56H36N4. The molecule has 60 heavy (non-hydrogen) atoms. The molecule has 0 bridgehead atoms. The van der Waals surface area contributed by atoms with Crippen molar-refractivity contribution in [3.63, 3.8) is 0 Å². The van der Waals surface area contributed by atoms with Crippen LogP contribution >= 0.6 is 0 Å². The van der Waals surface area contributed by atoms with Gasteiger partial charge in [0.25, 0.3) is 0 Å². The topological polar surface area (TPSA) is 51.6 Å². The van der Waals surface area contributed by atoms with Crippen LogP contribution in [-0.4, -0.2) is 19.9 Å². The van der Waals surface area contributed by atoms with Crippen molar-refractivity contribution in [3.8, 4) is 78.7 Å². The highest BCUT2D eigenvalue weighted by Crippen LogP contribution is 2.41. The van der Waals surface area contributed by atoms with Gasteiger partial charge in [0.1, 0.15) is 0 Å².